The second-order valence-corrected chi connectivity index (χ2v) is 6.22. The summed E-state index contributed by atoms with van der Waals surface area (Å²) in [4.78, 5) is 26.2. The summed E-state index contributed by atoms with van der Waals surface area (Å²) in [7, 11) is 3.35. The number of amides is 2. The van der Waals surface area contributed by atoms with Crippen molar-refractivity contribution in [3.8, 4) is 5.75 Å². The Kier molecular flexibility index (Phi) is 5.80. The van der Waals surface area contributed by atoms with Crippen LogP contribution >= 0.6 is 0 Å². The van der Waals surface area contributed by atoms with Gasteiger partial charge < -0.3 is 15.0 Å². The number of nitrogens with one attached hydrogen (secondary N) is 1. The number of nitrogens with zero attached hydrogens (tertiary/aromatic N) is 1. The van der Waals surface area contributed by atoms with Crippen LogP contribution in [-0.4, -0.2) is 36.9 Å². The van der Waals surface area contributed by atoms with Gasteiger partial charge in [0.25, 0.3) is 11.8 Å². The van der Waals surface area contributed by atoms with Gasteiger partial charge in [0.1, 0.15) is 5.75 Å². The molecule has 2 aromatic carbocycles. The molecule has 25 heavy (non-hydrogen) atoms. The molecular weight excluding hydrogens is 316 g/mol. The van der Waals surface area contributed by atoms with Gasteiger partial charge in [0.05, 0.1) is 11.3 Å². The largest absolute Gasteiger partial charge is 0.480 e. The number of para-hydroxylation sites is 2. The molecule has 0 fully saturated rings. The van der Waals surface area contributed by atoms with Gasteiger partial charge in [0.15, 0.2) is 6.10 Å². The Balaban J connectivity index is 2.16. The molecule has 2 amide bonds. The zero-order valence-corrected chi connectivity index (χ0v) is 15.3. The minimum atomic E-state index is -0.692. The molecule has 0 aromatic heterocycles. The van der Waals surface area contributed by atoms with Crippen molar-refractivity contribution in [1.29, 1.82) is 0 Å². The van der Waals surface area contributed by atoms with Gasteiger partial charge >= 0.3 is 0 Å². The quantitative estimate of drug-likeness (QED) is 0.907. The third kappa shape index (κ3) is 4.38. The molecule has 0 saturated heterocycles. The summed E-state index contributed by atoms with van der Waals surface area (Å²) in [6.45, 7) is 5.58. The average molecular weight is 340 g/mol. The Hall–Kier alpha value is -2.82. The molecule has 0 heterocycles. The highest BCUT2D eigenvalue weighted by Crippen LogP contribution is 2.24. The standard InChI is InChI=1S/C20H24N2O3/c1-13-9-8-10-14(2)18(13)25-15(3)19(23)21-17-12-7-6-11-16(17)20(24)22(4)5/h6-12,15H,1-5H3,(H,21,23). The Bertz CT molecular complexity index is 764. The first-order chi connectivity index (χ1) is 11.8. The van der Waals surface area contributed by atoms with E-state index in [0.29, 0.717) is 17.0 Å². The molecule has 132 valence electrons. The summed E-state index contributed by atoms with van der Waals surface area (Å²) >= 11 is 0. The number of aryl methyl sites for hydroxylation is 2. The van der Waals surface area contributed by atoms with Crippen LogP contribution in [0.3, 0.4) is 0 Å². The zero-order valence-electron chi connectivity index (χ0n) is 15.3. The molecule has 5 nitrogen and oxygen atoms in total. The van der Waals surface area contributed by atoms with E-state index in [0.717, 1.165) is 11.1 Å². The summed E-state index contributed by atoms with van der Waals surface area (Å²) < 4.78 is 5.85. The lowest BCUT2D eigenvalue weighted by atomic mass is 10.1. The van der Waals surface area contributed by atoms with E-state index in [9.17, 15) is 9.59 Å². The van der Waals surface area contributed by atoms with E-state index >= 15 is 0 Å². The monoisotopic (exact) mass is 340 g/mol. The lowest BCUT2D eigenvalue weighted by Gasteiger charge is -2.19. The second-order valence-electron chi connectivity index (χ2n) is 6.22. The normalized spacial score (nSPS) is 11.6. The maximum absolute atomic E-state index is 12.5. The first-order valence-electron chi connectivity index (χ1n) is 8.15. The smallest absolute Gasteiger partial charge is 0.265 e. The van der Waals surface area contributed by atoms with Gasteiger partial charge in [-0.25, -0.2) is 0 Å². The predicted octanol–water partition coefficient (Wildman–Crippen LogP) is 3.41. The van der Waals surface area contributed by atoms with Gasteiger partial charge in [0.2, 0.25) is 0 Å². The van der Waals surface area contributed by atoms with Gasteiger partial charge in [-0.05, 0) is 44.0 Å². The van der Waals surface area contributed by atoms with Crippen molar-refractivity contribution in [2.75, 3.05) is 19.4 Å². The van der Waals surface area contributed by atoms with Crippen molar-refractivity contribution in [3.05, 3.63) is 59.2 Å². The molecule has 5 heteroatoms. The number of hydrogen-bond donors (Lipinski definition) is 1. The molecule has 2 aromatic rings. The van der Waals surface area contributed by atoms with Crippen molar-refractivity contribution >= 4 is 17.5 Å². The van der Waals surface area contributed by atoms with Crippen LogP contribution in [0.4, 0.5) is 5.69 Å². The molecule has 1 N–H and O–H groups in total. The summed E-state index contributed by atoms with van der Waals surface area (Å²) in [5, 5.41) is 2.79. The molecule has 0 saturated carbocycles. The number of rotatable bonds is 5. The number of anilines is 1. The van der Waals surface area contributed by atoms with Crippen LogP contribution in [0.25, 0.3) is 0 Å². The summed E-state index contributed by atoms with van der Waals surface area (Å²) in [6, 6.07) is 12.8. The Morgan fingerprint density at radius 2 is 1.60 bits per heavy atom. The molecule has 0 spiro atoms. The third-order valence-corrected chi connectivity index (χ3v) is 3.89. The lowest BCUT2D eigenvalue weighted by Crippen LogP contribution is -2.32. The molecule has 1 unspecified atom stereocenters. The number of carbonyl (C=O) groups excluding carboxylic acids is 2. The molecule has 0 bridgehead atoms. The minimum absolute atomic E-state index is 0.167. The maximum Gasteiger partial charge on any atom is 0.265 e. The average Bonchev–Trinajstić information content (AvgIpc) is 2.57. The van der Waals surface area contributed by atoms with Gasteiger partial charge in [-0.3, -0.25) is 9.59 Å². The molecule has 1 atom stereocenters. The van der Waals surface area contributed by atoms with Crippen LogP contribution in [0, 0.1) is 13.8 Å². The van der Waals surface area contributed by atoms with Crippen molar-refractivity contribution < 1.29 is 14.3 Å². The van der Waals surface area contributed by atoms with Crippen molar-refractivity contribution in [2.45, 2.75) is 26.9 Å². The Labute approximate surface area is 148 Å². The molecular formula is C20H24N2O3. The summed E-state index contributed by atoms with van der Waals surface area (Å²) in [5.41, 5.74) is 2.87. The lowest BCUT2D eigenvalue weighted by molar-refractivity contribution is -0.122. The second kappa shape index (κ2) is 7.83. The summed E-state index contributed by atoms with van der Waals surface area (Å²) in [6.07, 6.45) is -0.692. The van der Waals surface area contributed by atoms with Crippen LogP contribution in [0.15, 0.2) is 42.5 Å². The molecule has 2 rings (SSSR count). The van der Waals surface area contributed by atoms with E-state index in [4.69, 9.17) is 4.74 Å². The molecule has 0 aliphatic heterocycles. The highest BCUT2D eigenvalue weighted by atomic mass is 16.5. The van der Waals surface area contributed by atoms with Crippen LogP contribution in [0.1, 0.15) is 28.4 Å². The van der Waals surface area contributed by atoms with Gasteiger partial charge in [0, 0.05) is 14.1 Å². The highest BCUT2D eigenvalue weighted by Gasteiger charge is 2.20. The fraction of sp³-hybridized carbons (Fsp3) is 0.300. The fourth-order valence-corrected chi connectivity index (χ4v) is 2.47. The Morgan fingerprint density at radius 3 is 2.20 bits per heavy atom. The zero-order chi connectivity index (χ0) is 18.6. The first-order valence-corrected chi connectivity index (χ1v) is 8.15. The van der Waals surface area contributed by atoms with Crippen molar-refractivity contribution in [2.24, 2.45) is 0 Å². The van der Waals surface area contributed by atoms with E-state index in [1.165, 1.54) is 4.90 Å². The summed E-state index contributed by atoms with van der Waals surface area (Å²) in [5.74, 6) is 0.240. The predicted molar refractivity (Wildman–Crippen MR) is 99.1 cm³/mol. The SMILES string of the molecule is Cc1cccc(C)c1OC(C)C(=O)Nc1ccccc1C(=O)N(C)C. The number of ether oxygens (including phenoxy) is 1. The minimum Gasteiger partial charge on any atom is -0.480 e. The van der Waals surface area contributed by atoms with Gasteiger partial charge in [-0.2, -0.15) is 0 Å². The van der Waals surface area contributed by atoms with Gasteiger partial charge in [-0.15, -0.1) is 0 Å². The van der Waals surface area contributed by atoms with Gasteiger partial charge in [-0.1, -0.05) is 30.3 Å². The van der Waals surface area contributed by atoms with Crippen LogP contribution in [0.5, 0.6) is 5.75 Å². The maximum atomic E-state index is 12.5. The number of hydrogen-bond acceptors (Lipinski definition) is 3. The van der Waals surface area contributed by atoms with E-state index in [1.807, 2.05) is 32.0 Å². The molecule has 0 aliphatic rings. The van der Waals surface area contributed by atoms with E-state index in [2.05, 4.69) is 5.32 Å². The van der Waals surface area contributed by atoms with E-state index < -0.39 is 6.10 Å². The van der Waals surface area contributed by atoms with Crippen molar-refractivity contribution in [3.63, 3.8) is 0 Å². The highest BCUT2D eigenvalue weighted by molar-refractivity contribution is 6.04. The molecule has 0 aliphatic carbocycles. The molecule has 0 radical (unpaired) electrons. The Morgan fingerprint density at radius 1 is 1.00 bits per heavy atom. The van der Waals surface area contributed by atoms with E-state index in [-0.39, 0.29) is 11.8 Å². The van der Waals surface area contributed by atoms with E-state index in [1.54, 1.807) is 45.3 Å². The number of carbonyl (C=O) groups is 2. The van der Waals surface area contributed by atoms with Crippen molar-refractivity contribution in [1.82, 2.24) is 4.90 Å². The van der Waals surface area contributed by atoms with Crippen LogP contribution in [-0.2, 0) is 4.79 Å². The van der Waals surface area contributed by atoms with Crippen LogP contribution < -0.4 is 10.1 Å². The number of benzene rings is 2. The third-order valence-electron chi connectivity index (χ3n) is 3.89. The topological polar surface area (TPSA) is 58.6 Å². The first kappa shape index (κ1) is 18.5. The fourth-order valence-electron chi connectivity index (χ4n) is 2.47. The van der Waals surface area contributed by atoms with Crippen LogP contribution in [0.2, 0.25) is 0 Å².